The third-order valence-corrected chi connectivity index (χ3v) is 5.50. The predicted octanol–water partition coefficient (Wildman–Crippen LogP) is 4.91. The Kier molecular flexibility index (Phi) is 6.32. The average molecular weight is 414 g/mol. The standard InChI is InChI=1S/C26H27N3O2/c1-19-12-14-22(15-13-19)28-26(31)25(21-8-3-2-4-9-21)27-23-10-5-7-20(17-23)18-29-16-6-11-24(29)30/h2-5,7-10,12-15,17,25,27H,6,11,16,18H2,1H3,(H,28,31). The molecule has 0 aliphatic carbocycles. The summed E-state index contributed by atoms with van der Waals surface area (Å²) in [7, 11) is 0. The molecule has 158 valence electrons. The average Bonchev–Trinajstić information content (AvgIpc) is 3.19. The largest absolute Gasteiger partial charge is 0.370 e. The van der Waals surface area contributed by atoms with Crippen LogP contribution in [0.25, 0.3) is 0 Å². The highest BCUT2D eigenvalue weighted by atomic mass is 16.2. The highest BCUT2D eigenvalue weighted by Gasteiger charge is 2.22. The van der Waals surface area contributed by atoms with Crippen LogP contribution in [0.4, 0.5) is 11.4 Å². The monoisotopic (exact) mass is 413 g/mol. The van der Waals surface area contributed by atoms with Crippen molar-refractivity contribution in [3.05, 3.63) is 95.6 Å². The second-order valence-electron chi connectivity index (χ2n) is 7.96. The number of hydrogen-bond acceptors (Lipinski definition) is 3. The highest BCUT2D eigenvalue weighted by molar-refractivity contribution is 5.97. The van der Waals surface area contributed by atoms with Gasteiger partial charge in [0.25, 0.3) is 5.91 Å². The lowest BCUT2D eigenvalue weighted by atomic mass is 10.0. The Morgan fingerprint density at radius 1 is 0.968 bits per heavy atom. The maximum absolute atomic E-state index is 13.2. The Balaban J connectivity index is 1.53. The van der Waals surface area contributed by atoms with Crippen molar-refractivity contribution in [1.82, 2.24) is 4.90 Å². The fourth-order valence-electron chi connectivity index (χ4n) is 3.81. The van der Waals surface area contributed by atoms with Crippen molar-refractivity contribution in [2.45, 2.75) is 32.4 Å². The Bertz CT molecular complexity index is 1050. The van der Waals surface area contributed by atoms with Crippen molar-refractivity contribution in [3.8, 4) is 0 Å². The van der Waals surface area contributed by atoms with Crippen LogP contribution < -0.4 is 10.6 Å². The van der Waals surface area contributed by atoms with Crippen LogP contribution in [0.2, 0.25) is 0 Å². The van der Waals surface area contributed by atoms with E-state index in [1.54, 1.807) is 0 Å². The number of carbonyl (C=O) groups is 2. The summed E-state index contributed by atoms with van der Waals surface area (Å²) in [4.78, 5) is 27.0. The predicted molar refractivity (Wildman–Crippen MR) is 124 cm³/mol. The number of anilines is 2. The van der Waals surface area contributed by atoms with Crippen LogP contribution in [0.15, 0.2) is 78.9 Å². The van der Waals surface area contributed by atoms with Crippen LogP contribution in [0.3, 0.4) is 0 Å². The normalized spacial score (nSPS) is 14.4. The summed E-state index contributed by atoms with van der Waals surface area (Å²) in [5, 5.41) is 6.40. The molecule has 0 radical (unpaired) electrons. The fraction of sp³-hybridized carbons (Fsp3) is 0.231. The Hall–Kier alpha value is -3.60. The van der Waals surface area contributed by atoms with Gasteiger partial charge in [0.1, 0.15) is 6.04 Å². The van der Waals surface area contributed by atoms with E-state index < -0.39 is 6.04 Å². The van der Waals surface area contributed by atoms with Crippen LogP contribution in [0, 0.1) is 6.92 Å². The van der Waals surface area contributed by atoms with Gasteiger partial charge in [-0.25, -0.2) is 0 Å². The first-order chi connectivity index (χ1) is 15.1. The lowest BCUT2D eigenvalue weighted by Gasteiger charge is -2.21. The topological polar surface area (TPSA) is 61.4 Å². The molecule has 1 unspecified atom stereocenters. The minimum absolute atomic E-state index is 0.129. The van der Waals surface area contributed by atoms with E-state index in [1.165, 1.54) is 0 Å². The zero-order chi connectivity index (χ0) is 21.6. The quantitative estimate of drug-likeness (QED) is 0.579. The molecule has 4 rings (SSSR count). The summed E-state index contributed by atoms with van der Waals surface area (Å²) >= 11 is 0. The van der Waals surface area contributed by atoms with E-state index in [4.69, 9.17) is 0 Å². The molecule has 1 heterocycles. The molecule has 0 spiro atoms. The van der Waals surface area contributed by atoms with Crippen molar-refractivity contribution in [2.24, 2.45) is 0 Å². The number of carbonyl (C=O) groups excluding carboxylic acids is 2. The number of nitrogens with one attached hydrogen (secondary N) is 2. The summed E-state index contributed by atoms with van der Waals surface area (Å²) < 4.78 is 0. The van der Waals surface area contributed by atoms with Crippen molar-refractivity contribution >= 4 is 23.2 Å². The van der Waals surface area contributed by atoms with Crippen LogP contribution >= 0.6 is 0 Å². The number of amides is 2. The first-order valence-corrected chi connectivity index (χ1v) is 10.6. The van der Waals surface area contributed by atoms with Gasteiger partial charge in [0.05, 0.1) is 0 Å². The van der Waals surface area contributed by atoms with Gasteiger partial charge in [-0.3, -0.25) is 9.59 Å². The van der Waals surface area contributed by atoms with Gasteiger partial charge in [-0.2, -0.15) is 0 Å². The van der Waals surface area contributed by atoms with E-state index >= 15 is 0 Å². The Labute approximate surface area is 183 Å². The van der Waals surface area contributed by atoms with E-state index in [1.807, 2.05) is 90.7 Å². The molecule has 1 saturated heterocycles. The molecule has 0 bridgehead atoms. The van der Waals surface area contributed by atoms with E-state index in [9.17, 15) is 9.59 Å². The molecule has 1 aliphatic heterocycles. The highest BCUT2D eigenvalue weighted by Crippen LogP contribution is 2.24. The molecule has 31 heavy (non-hydrogen) atoms. The number of nitrogens with zero attached hydrogens (tertiary/aromatic N) is 1. The van der Waals surface area contributed by atoms with Crippen molar-refractivity contribution in [3.63, 3.8) is 0 Å². The molecule has 5 heteroatoms. The maximum Gasteiger partial charge on any atom is 0.251 e. The number of benzene rings is 3. The van der Waals surface area contributed by atoms with Gasteiger partial charge in [0, 0.05) is 30.9 Å². The number of likely N-dealkylation sites (tertiary alicyclic amines) is 1. The summed E-state index contributed by atoms with van der Waals surface area (Å²) in [6, 6.07) is 24.8. The second-order valence-corrected chi connectivity index (χ2v) is 7.96. The first-order valence-electron chi connectivity index (χ1n) is 10.6. The Morgan fingerprint density at radius 2 is 1.74 bits per heavy atom. The number of hydrogen-bond donors (Lipinski definition) is 2. The molecule has 3 aromatic carbocycles. The zero-order valence-corrected chi connectivity index (χ0v) is 17.7. The smallest absolute Gasteiger partial charge is 0.251 e. The fourth-order valence-corrected chi connectivity index (χ4v) is 3.81. The summed E-state index contributed by atoms with van der Waals surface area (Å²) in [5.41, 5.74) is 4.68. The van der Waals surface area contributed by atoms with Crippen LogP contribution in [0.5, 0.6) is 0 Å². The molecule has 2 amide bonds. The SMILES string of the molecule is Cc1ccc(NC(=O)C(Nc2cccc(CN3CCCC3=O)c2)c2ccccc2)cc1. The molecular formula is C26H27N3O2. The van der Waals surface area contributed by atoms with Crippen LogP contribution in [0.1, 0.15) is 35.6 Å². The van der Waals surface area contributed by atoms with Crippen LogP contribution in [-0.2, 0) is 16.1 Å². The van der Waals surface area contributed by atoms with Gasteiger partial charge in [0.15, 0.2) is 0 Å². The molecule has 0 aromatic heterocycles. The number of aryl methyl sites for hydroxylation is 1. The molecule has 2 N–H and O–H groups in total. The summed E-state index contributed by atoms with van der Waals surface area (Å²) in [5.74, 6) is 0.0770. The molecular weight excluding hydrogens is 386 g/mol. The molecule has 0 saturated carbocycles. The first kappa shape index (κ1) is 20.7. The zero-order valence-electron chi connectivity index (χ0n) is 17.7. The minimum Gasteiger partial charge on any atom is -0.370 e. The van der Waals surface area contributed by atoms with E-state index in [0.29, 0.717) is 13.0 Å². The van der Waals surface area contributed by atoms with Gasteiger partial charge in [-0.15, -0.1) is 0 Å². The lowest BCUT2D eigenvalue weighted by Crippen LogP contribution is -2.27. The van der Waals surface area contributed by atoms with E-state index in [2.05, 4.69) is 10.6 Å². The van der Waals surface area contributed by atoms with E-state index in [-0.39, 0.29) is 11.8 Å². The molecule has 5 nitrogen and oxygen atoms in total. The third kappa shape index (κ3) is 5.31. The number of rotatable bonds is 7. The maximum atomic E-state index is 13.2. The van der Waals surface area contributed by atoms with Gasteiger partial charge >= 0.3 is 0 Å². The van der Waals surface area contributed by atoms with Crippen molar-refractivity contribution in [1.29, 1.82) is 0 Å². The van der Waals surface area contributed by atoms with Gasteiger partial charge in [0.2, 0.25) is 5.91 Å². The van der Waals surface area contributed by atoms with Crippen molar-refractivity contribution in [2.75, 3.05) is 17.2 Å². The lowest BCUT2D eigenvalue weighted by molar-refractivity contribution is -0.128. The summed E-state index contributed by atoms with van der Waals surface area (Å²) in [6.45, 7) is 3.42. The molecule has 1 fully saturated rings. The van der Waals surface area contributed by atoms with Crippen LogP contribution in [-0.4, -0.2) is 23.3 Å². The van der Waals surface area contributed by atoms with Gasteiger partial charge < -0.3 is 15.5 Å². The third-order valence-electron chi connectivity index (χ3n) is 5.50. The molecule has 1 atom stereocenters. The molecule has 3 aromatic rings. The van der Waals surface area contributed by atoms with E-state index in [0.717, 1.165) is 41.0 Å². The van der Waals surface area contributed by atoms with Gasteiger partial charge in [-0.05, 0) is 48.7 Å². The van der Waals surface area contributed by atoms with Crippen molar-refractivity contribution < 1.29 is 9.59 Å². The second kappa shape index (κ2) is 9.47. The van der Waals surface area contributed by atoms with Gasteiger partial charge in [-0.1, -0.05) is 60.2 Å². The minimum atomic E-state index is -0.550. The molecule has 1 aliphatic rings. The Morgan fingerprint density at radius 3 is 2.45 bits per heavy atom. The summed E-state index contributed by atoms with van der Waals surface area (Å²) in [6.07, 6.45) is 1.55.